The summed E-state index contributed by atoms with van der Waals surface area (Å²) in [6, 6.07) is 5.75. The maximum atomic E-state index is 11.9. The van der Waals surface area contributed by atoms with E-state index >= 15 is 0 Å². The van der Waals surface area contributed by atoms with Gasteiger partial charge in [-0.15, -0.1) is 0 Å². The number of hydrogen-bond donors (Lipinski definition) is 3. The lowest BCUT2D eigenvalue weighted by atomic mass is 10.1. The smallest absolute Gasteiger partial charge is 0.315 e. The van der Waals surface area contributed by atoms with E-state index in [-0.39, 0.29) is 24.7 Å². The van der Waals surface area contributed by atoms with Crippen molar-refractivity contribution in [3.63, 3.8) is 0 Å². The van der Waals surface area contributed by atoms with Crippen LogP contribution in [0.5, 0.6) is 0 Å². The van der Waals surface area contributed by atoms with Crippen LogP contribution in [-0.4, -0.2) is 23.8 Å². The summed E-state index contributed by atoms with van der Waals surface area (Å²) in [6.45, 7) is 1.90. The van der Waals surface area contributed by atoms with E-state index in [0.717, 1.165) is 23.7 Å². The second-order valence-electron chi connectivity index (χ2n) is 4.80. The molecule has 1 aromatic carbocycles. The Morgan fingerprint density at radius 2 is 2.37 bits per heavy atom. The summed E-state index contributed by atoms with van der Waals surface area (Å²) in [5.41, 5.74) is 2.46. The number of rotatable bonds is 4. The highest BCUT2D eigenvalue weighted by Gasteiger charge is 2.25. The monoisotopic (exact) mass is 326 g/mol. The number of carbonyl (C=O) groups excluding carboxylic acids is 1. The maximum absolute atomic E-state index is 11.9. The highest BCUT2D eigenvalue weighted by atomic mass is 79.9. The van der Waals surface area contributed by atoms with Gasteiger partial charge in [0.1, 0.15) is 0 Å². The fourth-order valence-electron chi connectivity index (χ4n) is 2.42. The van der Waals surface area contributed by atoms with E-state index in [1.807, 2.05) is 19.1 Å². The van der Waals surface area contributed by atoms with E-state index in [1.54, 1.807) is 0 Å². The minimum Gasteiger partial charge on any atom is -0.394 e. The molecule has 3 N–H and O–H groups in total. The number of aliphatic hydroxyl groups is 1. The molecular formula is C14H19BrN2O2. The molecule has 2 amide bonds. The van der Waals surface area contributed by atoms with Crippen molar-refractivity contribution in [3.05, 3.63) is 33.8 Å². The van der Waals surface area contributed by atoms with Gasteiger partial charge in [0.2, 0.25) is 0 Å². The molecular weight excluding hydrogens is 308 g/mol. The van der Waals surface area contributed by atoms with Gasteiger partial charge in [-0.1, -0.05) is 35.0 Å². The summed E-state index contributed by atoms with van der Waals surface area (Å²) >= 11 is 3.54. The van der Waals surface area contributed by atoms with Gasteiger partial charge in [0.25, 0.3) is 0 Å². The zero-order valence-electron chi connectivity index (χ0n) is 10.9. The first-order chi connectivity index (χ1) is 9.15. The highest BCUT2D eigenvalue weighted by molar-refractivity contribution is 9.10. The molecule has 0 bridgehead atoms. The summed E-state index contributed by atoms with van der Waals surface area (Å²) in [4.78, 5) is 11.9. The van der Waals surface area contributed by atoms with E-state index in [0.29, 0.717) is 0 Å². The van der Waals surface area contributed by atoms with E-state index in [4.69, 9.17) is 5.11 Å². The molecule has 0 aromatic heterocycles. The minimum absolute atomic E-state index is 0.0310. The standard InChI is InChI=1S/C14H19BrN2O2/c1-2-9(8-18)16-14(19)17-13-7-6-10-11(13)4-3-5-12(10)15/h3-5,9,13,18H,2,6-8H2,1H3,(H2,16,17,19). The number of halogens is 1. The molecule has 0 aliphatic heterocycles. The van der Waals surface area contributed by atoms with Gasteiger partial charge in [0.05, 0.1) is 18.7 Å². The molecule has 2 unspecified atom stereocenters. The topological polar surface area (TPSA) is 61.4 Å². The van der Waals surface area contributed by atoms with Crippen LogP contribution in [0.25, 0.3) is 0 Å². The zero-order chi connectivity index (χ0) is 13.8. The summed E-state index contributed by atoms with van der Waals surface area (Å²) in [5.74, 6) is 0. The Balaban J connectivity index is 1.99. The molecule has 1 aliphatic rings. The lowest BCUT2D eigenvalue weighted by molar-refractivity contribution is 0.212. The van der Waals surface area contributed by atoms with Gasteiger partial charge >= 0.3 is 6.03 Å². The van der Waals surface area contributed by atoms with Crippen molar-refractivity contribution in [1.82, 2.24) is 10.6 Å². The molecule has 2 rings (SSSR count). The van der Waals surface area contributed by atoms with Crippen molar-refractivity contribution in [2.24, 2.45) is 0 Å². The number of benzene rings is 1. The van der Waals surface area contributed by atoms with Crippen LogP contribution < -0.4 is 10.6 Å². The molecule has 0 fully saturated rings. The molecule has 1 aliphatic carbocycles. The predicted octanol–water partition coefficient (Wildman–Crippen LogP) is 2.51. The molecule has 0 saturated heterocycles. The van der Waals surface area contributed by atoms with Crippen LogP contribution in [0, 0.1) is 0 Å². The number of aliphatic hydroxyl groups excluding tert-OH is 1. The predicted molar refractivity (Wildman–Crippen MR) is 78.0 cm³/mol. The van der Waals surface area contributed by atoms with Gasteiger partial charge in [-0.2, -0.15) is 0 Å². The fourth-order valence-corrected chi connectivity index (χ4v) is 3.00. The van der Waals surface area contributed by atoms with E-state index < -0.39 is 0 Å². The second-order valence-corrected chi connectivity index (χ2v) is 5.66. The van der Waals surface area contributed by atoms with Crippen molar-refractivity contribution in [2.75, 3.05) is 6.61 Å². The lowest BCUT2D eigenvalue weighted by Crippen LogP contribution is -2.44. The van der Waals surface area contributed by atoms with Crippen molar-refractivity contribution >= 4 is 22.0 Å². The SMILES string of the molecule is CCC(CO)NC(=O)NC1CCc2c(Br)cccc21. The number of carbonyl (C=O) groups is 1. The summed E-state index contributed by atoms with van der Waals surface area (Å²) in [6.07, 6.45) is 2.61. The molecule has 4 nitrogen and oxygen atoms in total. The number of urea groups is 1. The molecule has 104 valence electrons. The van der Waals surface area contributed by atoms with Gasteiger partial charge in [0, 0.05) is 4.47 Å². The lowest BCUT2D eigenvalue weighted by Gasteiger charge is -2.18. The molecule has 1 aromatic rings. The van der Waals surface area contributed by atoms with E-state index in [9.17, 15) is 4.79 Å². The number of nitrogens with one attached hydrogen (secondary N) is 2. The van der Waals surface area contributed by atoms with Crippen molar-refractivity contribution in [1.29, 1.82) is 0 Å². The quantitative estimate of drug-likeness (QED) is 0.796. The minimum atomic E-state index is -0.210. The van der Waals surface area contributed by atoms with Gasteiger partial charge in [0.15, 0.2) is 0 Å². The average Bonchev–Trinajstić information content (AvgIpc) is 2.81. The summed E-state index contributed by atoms with van der Waals surface area (Å²) in [5, 5.41) is 14.8. The largest absolute Gasteiger partial charge is 0.394 e. The third-order valence-electron chi connectivity index (χ3n) is 3.57. The van der Waals surface area contributed by atoms with Gasteiger partial charge in [-0.05, 0) is 36.5 Å². The Morgan fingerprint density at radius 1 is 1.58 bits per heavy atom. The number of hydrogen-bond acceptors (Lipinski definition) is 2. The number of fused-ring (bicyclic) bond motifs is 1. The Bertz CT molecular complexity index is 461. The maximum Gasteiger partial charge on any atom is 0.315 e. The van der Waals surface area contributed by atoms with Gasteiger partial charge < -0.3 is 15.7 Å². The van der Waals surface area contributed by atoms with Crippen LogP contribution in [-0.2, 0) is 6.42 Å². The van der Waals surface area contributed by atoms with E-state index in [2.05, 4.69) is 32.6 Å². The Labute approximate surface area is 121 Å². The average molecular weight is 327 g/mol. The molecule has 19 heavy (non-hydrogen) atoms. The summed E-state index contributed by atoms with van der Waals surface area (Å²) in [7, 11) is 0. The summed E-state index contributed by atoms with van der Waals surface area (Å²) < 4.78 is 1.11. The van der Waals surface area contributed by atoms with E-state index in [1.165, 1.54) is 11.1 Å². The van der Waals surface area contributed by atoms with Crippen LogP contribution in [0.3, 0.4) is 0 Å². The first-order valence-electron chi connectivity index (χ1n) is 6.60. The zero-order valence-corrected chi connectivity index (χ0v) is 12.5. The third kappa shape index (κ3) is 3.28. The van der Waals surface area contributed by atoms with Crippen molar-refractivity contribution in [3.8, 4) is 0 Å². The molecule has 2 atom stereocenters. The highest BCUT2D eigenvalue weighted by Crippen LogP contribution is 2.35. The Hall–Kier alpha value is -1.07. The van der Waals surface area contributed by atoms with Gasteiger partial charge in [-0.3, -0.25) is 0 Å². The van der Waals surface area contributed by atoms with Crippen LogP contribution in [0.1, 0.15) is 36.9 Å². The molecule has 0 spiro atoms. The third-order valence-corrected chi connectivity index (χ3v) is 4.31. The normalized spacial score (nSPS) is 18.8. The molecule has 0 saturated carbocycles. The van der Waals surface area contributed by atoms with Crippen LogP contribution in [0.2, 0.25) is 0 Å². The molecule has 5 heteroatoms. The Morgan fingerprint density at radius 3 is 3.05 bits per heavy atom. The fraction of sp³-hybridized carbons (Fsp3) is 0.500. The first kappa shape index (κ1) is 14.3. The van der Waals surface area contributed by atoms with Crippen molar-refractivity contribution < 1.29 is 9.90 Å². The van der Waals surface area contributed by atoms with Crippen LogP contribution >= 0.6 is 15.9 Å². The van der Waals surface area contributed by atoms with Gasteiger partial charge in [-0.25, -0.2) is 4.79 Å². The van der Waals surface area contributed by atoms with Crippen molar-refractivity contribution in [2.45, 2.75) is 38.3 Å². The molecule has 0 radical (unpaired) electrons. The number of amides is 2. The van der Waals surface area contributed by atoms with Crippen LogP contribution in [0.15, 0.2) is 22.7 Å². The van der Waals surface area contributed by atoms with Crippen LogP contribution in [0.4, 0.5) is 4.79 Å². The second kappa shape index (κ2) is 6.39. The Kier molecular flexibility index (Phi) is 4.82. The first-order valence-corrected chi connectivity index (χ1v) is 7.40. The molecule has 0 heterocycles.